The van der Waals surface area contributed by atoms with E-state index < -0.39 is 0 Å². The Morgan fingerprint density at radius 3 is 1.20 bits per heavy atom. The van der Waals surface area contributed by atoms with Gasteiger partial charge in [0.25, 0.3) is 0 Å². The Labute approximate surface area is 147 Å². The Bertz CT molecular complexity index is 408. The zero-order chi connectivity index (χ0) is 12.8. The van der Waals surface area contributed by atoms with Crippen molar-refractivity contribution in [3.05, 3.63) is 71.8 Å². The van der Waals surface area contributed by atoms with Gasteiger partial charge in [0.15, 0.2) is 0 Å². The second-order valence-electron chi connectivity index (χ2n) is 5.20. The van der Waals surface area contributed by atoms with Crippen molar-refractivity contribution >= 4 is 37.7 Å². The molecule has 0 aromatic heterocycles. The van der Waals surface area contributed by atoms with Crippen LogP contribution in [0, 0.1) is 0 Å². The van der Waals surface area contributed by atoms with Crippen molar-refractivity contribution in [3.63, 3.8) is 0 Å². The monoisotopic (exact) mass is 254 g/mol. The zero-order valence-electron chi connectivity index (χ0n) is 11.3. The van der Waals surface area contributed by atoms with Crippen LogP contribution in [0.3, 0.4) is 0 Å². The Morgan fingerprint density at radius 1 is 0.600 bits per heavy atom. The topological polar surface area (TPSA) is 0 Å². The summed E-state index contributed by atoms with van der Waals surface area (Å²) in [4.78, 5) is 0. The molecule has 0 amide bonds. The Morgan fingerprint density at radius 2 is 0.900 bits per heavy atom. The van der Waals surface area contributed by atoms with Gasteiger partial charge in [0.1, 0.15) is 0 Å². The van der Waals surface area contributed by atoms with Crippen LogP contribution >= 0.6 is 0 Å². The summed E-state index contributed by atoms with van der Waals surface area (Å²) in [7, 11) is 0. The molecule has 98 valence electrons. The number of hydrogen-bond acceptors (Lipinski definition) is 0. The molecule has 0 spiro atoms. The molecule has 0 aliphatic carbocycles. The molecule has 2 rings (SSSR count). The summed E-state index contributed by atoms with van der Waals surface area (Å²) in [5.41, 5.74) is 2.91. The van der Waals surface area contributed by atoms with Gasteiger partial charge < -0.3 is 0 Å². The Kier molecular flexibility index (Phi) is 10.2. The number of hydrogen-bond donors (Lipinski definition) is 0. The van der Waals surface area contributed by atoms with Crippen LogP contribution in [0.2, 0.25) is 0 Å². The number of rotatable bonds is 5. The molecule has 0 saturated heterocycles. The molecule has 0 radical (unpaired) electrons. The van der Waals surface area contributed by atoms with Crippen molar-refractivity contribution in [3.8, 4) is 0 Å². The third-order valence-corrected chi connectivity index (χ3v) is 3.77. The molecule has 0 heterocycles. The summed E-state index contributed by atoms with van der Waals surface area (Å²) in [5.74, 6) is 1.30. The van der Waals surface area contributed by atoms with Gasteiger partial charge in [0.05, 0.1) is 0 Å². The van der Waals surface area contributed by atoms with Crippen LogP contribution < -0.4 is 0 Å². The summed E-state index contributed by atoms with van der Waals surface area (Å²) >= 11 is 0. The first-order valence-electron chi connectivity index (χ1n) is 6.87. The van der Waals surface area contributed by atoms with E-state index in [0.717, 1.165) is 0 Å². The summed E-state index contributed by atoms with van der Waals surface area (Å²) in [6, 6.07) is 21.6. The van der Waals surface area contributed by atoms with Crippen LogP contribution in [-0.2, 0) is 0 Å². The van der Waals surface area contributed by atoms with E-state index in [-0.39, 0.29) is 37.7 Å². The molecular formula is C18H24Li2. The Balaban J connectivity index is 0.00000180. The van der Waals surface area contributed by atoms with Crippen LogP contribution in [0.4, 0.5) is 0 Å². The number of benzene rings is 2. The molecule has 2 unspecified atom stereocenters. The fourth-order valence-electron chi connectivity index (χ4n) is 2.40. The average molecular weight is 254 g/mol. The van der Waals surface area contributed by atoms with Gasteiger partial charge in [-0.2, -0.15) is 0 Å². The van der Waals surface area contributed by atoms with E-state index in [4.69, 9.17) is 0 Å². The van der Waals surface area contributed by atoms with E-state index in [1.807, 2.05) is 0 Å². The van der Waals surface area contributed by atoms with Crippen LogP contribution in [-0.4, -0.2) is 37.7 Å². The van der Waals surface area contributed by atoms with E-state index in [1.54, 1.807) is 0 Å². The standard InChI is InChI=1S/C18H22.2Li.2H/c1-15(17-9-5-3-6-10-17)13-14-16(2)18-11-7-4-8-12-18;;;;/h3-12,15-16H,13-14H2,1-2H3;;;;. The molecule has 2 heteroatoms. The molecule has 0 aliphatic rings. The van der Waals surface area contributed by atoms with Crippen LogP contribution in [0.1, 0.15) is 49.7 Å². The van der Waals surface area contributed by atoms with Crippen molar-refractivity contribution in [2.24, 2.45) is 0 Å². The molecule has 0 fully saturated rings. The SMILES string of the molecule is CC(CCC(C)c1ccccc1)c1ccccc1.[LiH].[LiH]. The van der Waals surface area contributed by atoms with Gasteiger partial charge in [-0.1, -0.05) is 74.5 Å². The van der Waals surface area contributed by atoms with Gasteiger partial charge >= 0.3 is 37.7 Å². The van der Waals surface area contributed by atoms with Gasteiger partial charge in [-0.05, 0) is 35.8 Å². The molecule has 20 heavy (non-hydrogen) atoms. The predicted molar refractivity (Wildman–Crippen MR) is 93.2 cm³/mol. The second kappa shape index (κ2) is 10.4. The van der Waals surface area contributed by atoms with Crippen molar-refractivity contribution in [2.75, 3.05) is 0 Å². The van der Waals surface area contributed by atoms with Gasteiger partial charge in [-0.15, -0.1) is 0 Å². The average Bonchev–Trinajstić information content (AvgIpc) is 2.46. The van der Waals surface area contributed by atoms with Crippen LogP contribution in [0.25, 0.3) is 0 Å². The van der Waals surface area contributed by atoms with E-state index in [0.29, 0.717) is 11.8 Å². The maximum atomic E-state index is 2.33. The molecule has 0 aliphatic heterocycles. The van der Waals surface area contributed by atoms with Gasteiger partial charge in [0.2, 0.25) is 0 Å². The normalized spacial score (nSPS) is 12.7. The zero-order valence-corrected chi connectivity index (χ0v) is 11.3. The maximum absolute atomic E-state index is 2.33. The van der Waals surface area contributed by atoms with Gasteiger partial charge in [-0.3, -0.25) is 0 Å². The summed E-state index contributed by atoms with van der Waals surface area (Å²) in [6.07, 6.45) is 2.50. The minimum absolute atomic E-state index is 0. The molecular weight excluding hydrogens is 230 g/mol. The van der Waals surface area contributed by atoms with E-state index in [2.05, 4.69) is 74.5 Å². The second-order valence-corrected chi connectivity index (χ2v) is 5.20. The van der Waals surface area contributed by atoms with Crippen molar-refractivity contribution in [1.82, 2.24) is 0 Å². The van der Waals surface area contributed by atoms with Gasteiger partial charge in [0, 0.05) is 0 Å². The molecule has 0 nitrogen and oxygen atoms in total. The fraction of sp³-hybridized carbons (Fsp3) is 0.333. The van der Waals surface area contributed by atoms with Crippen LogP contribution in [0.5, 0.6) is 0 Å². The summed E-state index contributed by atoms with van der Waals surface area (Å²) < 4.78 is 0. The predicted octanol–water partition coefficient (Wildman–Crippen LogP) is 4.08. The molecule has 2 aromatic carbocycles. The fourth-order valence-corrected chi connectivity index (χ4v) is 2.40. The third-order valence-electron chi connectivity index (χ3n) is 3.77. The van der Waals surface area contributed by atoms with Crippen LogP contribution in [0.15, 0.2) is 60.7 Å². The molecule has 2 atom stereocenters. The minimum atomic E-state index is 0. The quantitative estimate of drug-likeness (QED) is 0.705. The third kappa shape index (κ3) is 5.95. The molecule has 0 bridgehead atoms. The van der Waals surface area contributed by atoms with E-state index in [1.165, 1.54) is 24.0 Å². The van der Waals surface area contributed by atoms with Crippen molar-refractivity contribution in [2.45, 2.75) is 38.5 Å². The molecule has 0 saturated carbocycles. The summed E-state index contributed by atoms with van der Waals surface area (Å²) in [5, 5.41) is 0. The van der Waals surface area contributed by atoms with E-state index in [9.17, 15) is 0 Å². The van der Waals surface area contributed by atoms with Crippen molar-refractivity contribution in [1.29, 1.82) is 0 Å². The Hall–Kier alpha value is -0.365. The first-order valence-corrected chi connectivity index (χ1v) is 6.87. The van der Waals surface area contributed by atoms with Crippen molar-refractivity contribution < 1.29 is 0 Å². The van der Waals surface area contributed by atoms with Gasteiger partial charge in [-0.25, -0.2) is 0 Å². The summed E-state index contributed by atoms with van der Waals surface area (Å²) in [6.45, 7) is 4.65. The van der Waals surface area contributed by atoms with E-state index >= 15 is 0 Å². The molecule has 0 N–H and O–H groups in total. The first-order chi connectivity index (χ1) is 8.77. The first kappa shape index (κ1) is 19.6. The molecule has 2 aromatic rings.